The number of anilines is 1. The van der Waals surface area contributed by atoms with Crippen molar-refractivity contribution in [1.82, 2.24) is 19.5 Å². The van der Waals surface area contributed by atoms with Crippen LogP contribution < -0.4 is 10.9 Å². The van der Waals surface area contributed by atoms with Gasteiger partial charge in [0.05, 0.1) is 22.8 Å². The Labute approximate surface area is 188 Å². The van der Waals surface area contributed by atoms with Crippen LogP contribution in [0.2, 0.25) is 5.15 Å². The van der Waals surface area contributed by atoms with Crippen molar-refractivity contribution in [2.45, 2.75) is 19.9 Å². The molecule has 0 fully saturated rings. The largest absolute Gasteiger partial charge is 0.476 e. The van der Waals surface area contributed by atoms with Crippen molar-refractivity contribution >= 4 is 34.2 Å². The first-order chi connectivity index (χ1) is 15.3. The standard InChI is InChI=1S/C23H20ClN5O3/c1-12-11-15-19(28-21(29(3)22(15)30)14-7-5-4-6-8-14)18(25-12)13(2)26-16-9-10-17(24)27-20(16)23(31)32/h4-11,13,26H,1-3H3,(H,31,32). The van der Waals surface area contributed by atoms with Crippen molar-refractivity contribution < 1.29 is 9.90 Å². The monoisotopic (exact) mass is 449 g/mol. The summed E-state index contributed by atoms with van der Waals surface area (Å²) in [5, 5.41) is 13.1. The van der Waals surface area contributed by atoms with Gasteiger partial charge in [0.15, 0.2) is 5.69 Å². The Balaban J connectivity index is 1.88. The maximum atomic E-state index is 13.2. The lowest BCUT2D eigenvalue weighted by molar-refractivity contribution is 0.0691. The fourth-order valence-corrected chi connectivity index (χ4v) is 3.74. The molecule has 0 aliphatic heterocycles. The van der Waals surface area contributed by atoms with Crippen LogP contribution in [0.15, 0.2) is 53.3 Å². The summed E-state index contributed by atoms with van der Waals surface area (Å²) < 4.78 is 1.52. The van der Waals surface area contributed by atoms with Crippen LogP contribution in [0.5, 0.6) is 0 Å². The van der Waals surface area contributed by atoms with Gasteiger partial charge < -0.3 is 10.4 Å². The molecule has 0 spiro atoms. The summed E-state index contributed by atoms with van der Waals surface area (Å²) in [4.78, 5) is 38.1. The first kappa shape index (κ1) is 21.5. The van der Waals surface area contributed by atoms with Crippen LogP contribution in [0.3, 0.4) is 0 Å². The fraction of sp³-hybridized carbons (Fsp3) is 0.174. The highest BCUT2D eigenvalue weighted by molar-refractivity contribution is 6.29. The number of carboxylic acids is 1. The number of rotatable bonds is 5. The maximum absolute atomic E-state index is 13.2. The molecule has 0 saturated heterocycles. The van der Waals surface area contributed by atoms with E-state index in [4.69, 9.17) is 16.6 Å². The predicted molar refractivity (Wildman–Crippen MR) is 123 cm³/mol. The third-order valence-corrected chi connectivity index (χ3v) is 5.31. The van der Waals surface area contributed by atoms with Gasteiger partial charge in [0, 0.05) is 18.3 Å². The maximum Gasteiger partial charge on any atom is 0.356 e. The number of aromatic nitrogens is 4. The van der Waals surface area contributed by atoms with E-state index in [2.05, 4.69) is 15.3 Å². The number of carboxylic acid groups (broad SMARTS) is 1. The van der Waals surface area contributed by atoms with E-state index in [0.717, 1.165) is 5.56 Å². The van der Waals surface area contributed by atoms with E-state index < -0.39 is 12.0 Å². The summed E-state index contributed by atoms with van der Waals surface area (Å²) >= 11 is 5.86. The summed E-state index contributed by atoms with van der Waals surface area (Å²) in [6, 6.07) is 13.7. The van der Waals surface area contributed by atoms with Crippen LogP contribution in [-0.4, -0.2) is 30.6 Å². The summed E-state index contributed by atoms with van der Waals surface area (Å²) in [5.74, 6) is -0.691. The summed E-state index contributed by atoms with van der Waals surface area (Å²) in [5.41, 5.74) is 2.34. The van der Waals surface area contributed by atoms with Crippen LogP contribution in [-0.2, 0) is 7.05 Å². The Bertz CT molecular complexity index is 1400. The Morgan fingerprint density at radius 1 is 1.12 bits per heavy atom. The Morgan fingerprint density at radius 3 is 2.53 bits per heavy atom. The van der Waals surface area contributed by atoms with Gasteiger partial charge in [0.2, 0.25) is 0 Å². The molecule has 1 unspecified atom stereocenters. The lowest BCUT2D eigenvalue weighted by atomic mass is 10.1. The molecule has 32 heavy (non-hydrogen) atoms. The van der Waals surface area contributed by atoms with E-state index in [1.54, 1.807) is 26.1 Å². The summed E-state index contributed by atoms with van der Waals surface area (Å²) in [7, 11) is 1.69. The first-order valence-electron chi connectivity index (χ1n) is 9.86. The van der Waals surface area contributed by atoms with Crippen LogP contribution in [0, 0.1) is 6.92 Å². The molecule has 9 heteroatoms. The second kappa shape index (κ2) is 8.39. The molecule has 0 radical (unpaired) electrons. The Hall–Kier alpha value is -3.78. The molecule has 4 aromatic rings. The first-order valence-corrected chi connectivity index (χ1v) is 10.2. The fourth-order valence-electron chi connectivity index (χ4n) is 3.59. The molecule has 0 aliphatic rings. The van der Waals surface area contributed by atoms with Crippen molar-refractivity contribution in [3.05, 3.63) is 81.1 Å². The zero-order chi connectivity index (χ0) is 23.0. The Morgan fingerprint density at radius 2 is 1.84 bits per heavy atom. The third-order valence-electron chi connectivity index (χ3n) is 5.10. The van der Waals surface area contributed by atoms with Crippen molar-refractivity contribution in [2.75, 3.05) is 5.32 Å². The number of fused-ring (bicyclic) bond motifs is 1. The Kier molecular flexibility index (Phi) is 5.63. The molecule has 1 atom stereocenters. The number of pyridine rings is 2. The lowest BCUT2D eigenvalue weighted by Gasteiger charge is -2.19. The highest BCUT2D eigenvalue weighted by Gasteiger charge is 2.21. The number of benzene rings is 1. The number of carbonyl (C=O) groups is 1. The molecule has 4 rings (SSSR count). The average Bonchev–Trinajstić information content (AvgIpc) is 2.77. The number of nitrogens with one attached hydrogen (secondary N) is 1. The number of aryl methyl sites for hydroxylation is 1. The van der Waals surface area contributed by atoms with E-state index in [0.29, 0.717) is 28.1 Å². The van der Waals surface area contributed by atoms with Gasteiger partial charge in [0.1, 0.15) is 16.5 Å². The van der Waals surface area contributed by atoms with E-state index in [-0.39, 0.29) is 22.1 Å². The molecular weight excluding hydrogens is 430 g/mol. The molecule has 0 aliphatic carbocycles. The molecule has 2 N–H and O–H groups in total. The zero-order valence-corrected chi connectivity index (χ0v) is 18.4. The molecule has 8 nitrogen and oxygen atoms in total. The van der Waals surface area contributed by atoms with Gasteiger partial charge in [-0.1, -0.05) is 41.9 Å². The molecule has 0 amide bonds. The molecule has 0 bridgehead atoms. The summed E-state index contributed by atoms with van der Waals surface area (Å²) in [6.45, 7) is 3.62. The quantitative estimate of drug-likeness (QED) is 0.439. The number of hydrogen-bond donors (Lipinski definition) is 2. The average molecular weight is 450 g/mol. The van der Waals surface area contributed by atoms with Gasteiger partial charge in [0.25, 0.3) is 5.56 Å². The van der Waals surface area contributed by atoms with Gasteiger partial charge in [-0.25, -0.2) is 14.8 Å². The van der Waals surface area contributed by atoms with Gasteiger partial charge in [-0.15, -0.1) is 0 Å². The van der Waals surface area contributed by atoms with Crippen LogP contribution in [0.1, 0.15) is 34.8 Å². The van der Waals surface area contributed by atoms with Gasteiger partial charge >= 0.3 is 5.97 Å². The van der Waals surface area contributed by atoms with Crippen LogP contribution in [0.25, 0.3) is 22.3 Å². The minimum absolute atomic E-state index is 0.0809. The van der Waals surface area contributed by atoms with Crippen molar-refractivity contribution in [3.63, 3.8) is 0 Å². The normalized spacial score (nSPS) is 12.0. The van der Waals surface area contributed by atoms with E-state index in [1.807, 2.05) is 37.3 Å². The molecule has 0 saturated carbocycles. The third kappa shape index (κ3) is 3.92. The van der Waals surface area contributed by atoms with Gasteiger partial charge in [-0.2, -0.15) is 0 Å². The number of aromatic carboxylic acids is 1. The summed E-state index contributed by atoms with van der Waals surface area (Å²) in [6.07, 6.45) is 0. The second-order valence-corrected chi connectivity index (χ2v) is 7.80. The topological polar surface area (TPSA) is 110 Å². The van der Waals surface area contributed by atoms with Crippen molar-refractivity contribution in [1.29, 1.82) is 0 Å². The lowest BCUT2D eigenvalue weighted by Crippen LogP contribution is -2.22. The van der Waals surface area contributed by atoms with Gasteiger partial charge in [-0.3, -0.25) is 14.3 Å². The SMILES string of the molecule is Cc1cc2c(=O)n(C)c(-c3ccccc3)nc2c(C(C)Nc2ccc(Cl)nc2C(=O)O)n1. The number of hydrogen-bond acceptors (Lipinski definition) is 6. The van der Waals surface area contributed by atoms with Gasteiger partial charge in [-0.05, 0) is 32.0 Å². The van der Waals surface area contributed by atoms with Crippen molar-refractivity contribution in [2.24, 2.45) is 7.05 Å². The second-order valence-electron chi connectivity index (χ2n) is 7.41. The molecule has 1 aromatic carbocycles. The molecule has 3 heterocycles. The minimum Gasteiger partial charge on any atom is -0.476 e. The van der Waals surface area contributed by atoms with Crippen LogP contribution >= 0.6 is 11.6 Å². The number of halogens is 1. The molecular formula is C23H20ClN5O3. The minimum atomic E-state index is -1.21. The zero-order valence-electron chi connectivity index (χ0n) is 17.6. The molecule has 162 valence electrons. The van der Waals surface area contributed by atoms with E-state index in [1.165, 1.54) is 10.6 Å². The highest BCUT2D eigenvalue weighted by atomic mass is 35.5. The smallest absolute Gasteiger partial charge is 0.356 e. The highest BCUT2D eigenvalue weighted by Crippen LogP contribution is 2.27. The molecule has 3 aromatic heterocycles. The van der Waals surface area contributed by atoms with E-state index in [9.17, 15) is 14.7 Å². The number of nitrogens with zero attached hydrogens (tertiary/aromatic N) is 4. The van der Waals surface area contributed by atoms with Crippen LogP contribution in [0.4, 0.5) is 5.69 Å². The van der Waals surface area contributed by atoms with Crippen molar-refractivity contribution in [3.8, 4) is 11.4 Å². The van der Waals surface area contributed by atoms with E-state index >= 15 is 0 Å². The predicted octanol–water partition coefficient (Wildman–Crippen LogP) is 4.22.